The Morgan fingerprint density at radius 3 is 2.68 bits per heavy atom. The number of pyridine rings is 1. The Balaban J connectivity index is 0.000000225. The van der Waals surface area contributed by atoms with Crippen molar-refractivity contribution in [3.05, 3.63) is 17.8 Å². The van der Waals surface area contributed by atoms with Gasteiger partial charge in [-0.15, -0.1) is 0 Å². The number of nitrogens with zero attached hydrogens (tertiary/aromatic N) is 3. The topological polar surface area (TPSA) is 77.9 Å². The maximum Gasteiger partial charge on any atom is 0.222 e. The molecule has 4 rings (SSSR count). The Morgan fingerprint density at radius 2 is 2.00 bits per heavy atom. The van der Waals surface area contributed by atoms with E-state index < -0.39 is 6.10 Å². The molecule has 0 bridgehead atoms. The molecule has 2 N–H and O–H groups in total. The van der Waals surface area contributed by atoms with Crippen LogP contribution in [-0.4, -0.2) is 72.4 Å². The first-order valence-electron chi connectivity index (χ1n) is 12.2. The summed E-state index contributed by atoms with van der Waals surface area (Å²) in [5.41, 5.74) is 1.30. The van der Waals surface area contributed by atoms with E-state index in [9.17, 15) is 9.90 Å². The quantitative estimate of drug-likeness (QED) is 0.717. The molecule has 7 nitrogen and oxygen atoms in total. The number of piperazine rings is 1. The van der Waals surface area contributed by atoms with Crippen LogP contribution in [0, 0.1) is 0 Å². The van der Waals surface area contributed by atoms with Crippen LogP contribution in [0.25, 0.3) is 0 Å². The number of aliphatic hydroxyl groups excluding tert-OH is 1. The average molecular weight is 435 g/mol. The summed E-state index contributed by atoms with van der Waals surface area (Å²) in [6.45, 7) is 10.5. The number of fused-ring (bicyclic) bond motifs is 1. The maximum absolute atomic E-state index is 11.4. The number of ether oxygens (including phenoxy) is 1. The van der Waals surface area contributed by atoms with Gasteiger partial charge in [0.05, 0.1) is 19.1 Å². The molecule has 0 radical (unpaired) electrons. The highest BCUT2D eigenvalue weighted by Gasteiger charge is 2.23. The van der Waals surface area contributed by atoms with Crippen LogP contribution in [0.5, 0.6) is 5.75 Å². The van der Waals surface area contributed by atoms with Gasteiger partial charge in [0.1, 0.15) is 11.6 Å². The highest BCUT2D eigenvalue weighted by molar-refractivity contribution is 5.76. The van der Waals surface area contributed by atoms with E-state index in [-0.39, 0.29) is 13.8 Å². The Bertz CT molecular complexity index is 692. The van der Waals surface area contributed by atoms with Crippen molar-refractivity contribution in [1.29, 1.82) is 0 Å². The minimum absolute atomic E-state index is 0. The number of anilines is 1. The molecule has 3 heterocycles. The summed E-state index contributed by atoms with van der Waals surface area (Å²) in [7, 11) is 0. The second-order valence-electron chi connectivity index (χ2n) is 8.80. The number of rotatable bonds is 6. The van der Waals surface area contributed by atoms with Gasteiger partial charge in [0.15, 0.2) is 0 Å². The van der Waals surface area contributed by atoms with Crippen molar-refractivity contribution in [3.63, 3.8) is 0 Å². The van der Waals surface area contributed by atoms with Gasteiger partial charge in [-0.05, 0) is 31.9 Å². The van der Waals surface area contributed by atoms with Gasteiger partial charge in [0.25, 0.3) is 0 Å². The number of aliphatic hydroxyl groups is 1. The molecule has 7 heteroatoms. The lowest BCUT2D eigenvalue weighted by atomic mass is 9.95. The highest BCUT2D eigenvalue weighted by atomic mass is 16.5. The number of carbonyl (C=O) groups excluding carboxylic acids is 1. The summed E-state index contributed by atoms with van der Waals surface area (Å²) in [4.78, 5) is 20.8. The molecule has 31 heavy (non-hydrogen) atoms. The lowest BCUT2D eigenvalue weighted by Gasteiger charge is -2.35. The van der Waals surface area contributed by atoms with Crippen molar-refractivity contribution in [1.82, 2.24) is 15.2 Å². The summed E-state index contributed by atoms with van der Waals surface area (Å²) in [6, 6.07) is 2.34. The summed E-state index contributed by atoms with van der Waals surface area (Å²) in [5.74, 6) is 2.19. The van der Waals surface area contributed by atoms with E-state index in [0.717, 1.165) is 70.2 Å². The molecule has 176 valence electrons. The normalized spacial score (nSPS) is 20.3. The Labute approximate surface area is 188 Å². The highest BCUT2D eigenvalue weighted by Crippen LogP contribution is 2.32. The molecule has 1 aromatic rings. The SMILES string of the molecule is CCN1CCN(c2nccc3c2CCO3)CC1.CC[C@@H](O)CC(=O)NC1CCCCC1.[HH]. The van der Waals surface area contributed by atoms with Crippen molar-refractivity contribution in [3.8, 4) is 5.75 Å². The third-order valence-corrected chi connectivity index (χ3v) is 6.58. The van der Waals surface area contributed by atoms with Gasteiger partial charge >= 0.3 is 0 Å². The fraction of sp³-hybridized carbons (Fsp3) is 0.750. The minimum atomic E-state index is -0.474. The van der Waals surface area contributed by atoms with E-state index in [0.29, 0.717) is 12.5 Å². The van der Waals surface area contributed by atoms with Crippen LogP contribution in [0.3, 0.4) is 0 Å². The fourth-order valence-electron chi connectivity index (χ4n) is 4.54. The van der Waals surface area contributed by atoms with Gasteiger partial charge in [-0.2, -0.15) is 0 Å². The van der Waals surface area contributed by atoms with Gasteiger partial charge in [0.2, 0.25) is 5.91 Å². The van der Waals surface area contributed by atoms with Crippen LogP contribution in [-0.2, 0) is 11.2 Å². The third kappa shape index (κ3) is 7.07. The maximum atomic E-state index is 11.4. The smallest absolute Gasteiger partial charge is 0.222 e. The number of hydrogen-bond donors (Lipinski definition) is 2. The molecule has 2 aliphatic heterocycles. The second-order valence-corrected chi connectivity index (χ2v) is 8.80. The lowest BCUT2D eigenvalue weighted by molar-refractivity contribution is -0.123. The third-order valence-electron chi connectivity index (χ3n) is 6.58. The molecule has 0 spiro atoms. The number of amides is 1. The predicted octanol–water partition coefficient (Wildman–Crippen LogP) is 3.00. The molecule has 1 saturated heterocycles. The number of carbonyl (C=O) groups is 1. The number of aromatic nitrogens is 1. The van der Waals surface area contributed by atoms with Crippen LogP contribution in [0.1, 0.15) is 65.8 Å². The van der Waals surface area contributed by atoms with Gasteiger partial charge in [-0.25, -0.2) is 4.98 Å². The molecule has 0 aromatic carbocycles. The summed E-state index contributed by atoms with van der Waals surface area (Å²) in [6.07, 6.45) is 9.26. The van der Waals surface area contributed by atoms with Gasteiger partial charge in [-0.3, -0.25) is 4.79 Å². The molecule has 1 saturated carbocycles. The van der Waals surface area contributed by atoms with Crippen LogP contribution in [0.4, 0.5) is 5.82 Å². The van der Waals surface area contributed by atoms with E-state index in [1.54, 1.807) is 0 Å². The summed E-state index contributed by atoms with van der Waals surface area (Å²) < 4.78 is 5.60. The zero-order chi connectivity index (χ0) is 22.1. The molecule has 3 aliphatic rings. The van der Waals surface area contributed by atoms with Crippen LogP contribution in [0.15, 0.2) is 12.3 Å². The monoisotopic (exact) mass is 434 g/mol. The minimum Gasteiger partial charge on any atom is -0.493 e. The number of hydrogen-bond acceptors (Lipinski definition) is 6. The second kappa shape index (κ2) is 12.2. The number of nitrogens with one attached hydrogen (secondary N) is 1. The molecule has 2 fully saturated rings. The zero-order valence-electron chi connectivity index (χ0n) is 19.3. The van der Waals surface area contributed by atoms with E-state index in [4.69, 9.17) is 4.74 Å². The molecular weight excluding hydrogens is 392 g/mol. The largest absolute Gasteiger partial charge is 0.493 e. The first kappa shape index (κ1) is 23.8. The van der Waals surface area contributed by atoms with E-state index in [2.05, 4.69) is 27.0 Å². The molecule has 1 atom stereocenters. The Kier molecular flexibility index (Phi) is 9.40. The van der Waals surface area contributed by atoms with Crippen LogP contribution >= 0.6 is 0 Å². The first-order chi connectivity index (χ1) is 15.1. The molecule has 1 aliphatic carbocycles. The standard InChI is InChI=1S/C13H19N3O.C11H21NO2.H2/c1-2-15-6-8-16(9-7-15)13-11-4-10-17-12(11)3-5-14-13;1-2-10(13)8-11(14)12-9-6-4-3-5-7-9;/h3,5H,2,4,6-10H2,1H3;9-10,13H,2-8H2,1H3,(H,12,14);1H/t;10-;/m.1./s1. The van der Waals surface area contributed by atoms with E-state index in [1.165, 1.54) is 24.8 Å². The lowest BCUT2D eigenvalue weighted by Crippen LogP contribution is -2.46. The molecule has 1 aromatic heterocycles. The summed E-state index contributed by atoms with van der Waals surface area (Å²) >= 11 is 0. The summed E-state index contributed by atoms with van der Waals surface area (Å²) in [5, 5.41) is 12.3. The van der Waals surface area contributed by atoms with Crippen molar-refractivity contribution in [2.24, 2.45) is 0 Å². The van der Waals surface area contributed by atoms with Crippen LogP contribution in [0.2, 0.25) is 0 Å². The Morgan fingerprint density at radius 1 is 1.26 bits per heavy atom. The van der Waals surface area contributed by atoms with Gasteiger partial charge in [0, 0.05) is 51.8 Å². The molecule has 1 amide bonds. The first-order valence-corrected chi connectivity index (χ1v) is 12.2. The predicted molar refractivity (Wildman–Crippen MR) is 126 cm³/mol. The average Bonchev–Trinajstić information content (AvgIpc) is 3.29. The van der Waals surface area contributed by atoms with Crippen molar-refractivity contribution in [2.45, 2.75) is 77.4 Å². The van der Waals surface area contributed by atoms with Crippen molar-refractivity contribution in [2.75, 3.05) is 44.2 Å². The van der Waals surface area contributed by atoms with Gasteiger partial charge < -0.3 is 25.0 Å². The Hall–Kier alpha value is -1.86. The molecule has 0 unspecified atom stereocenters. The van der Waals surface area contributed by atoms with Gasteiger partial charge in [-0.1, -0.05) is 33.1 Å². The van der Waals surface area contributed by atoms with Crippen molar-refractivity contribution < 1.29 is 16.1 Å². The van der Waals surface area contributed by atoms with E-state index >= 15 is 0 Å². The fourth-order valence-corrected chi connectivity index (χ4v) is 4.54. The van der Waals surface area contributed by atoms with E-state index in [1.807, 2.05) is 19.2 Å². The zero-order valence-corrected chi connectivity index (χ0v) is 19.3. The number of likely N-dealkylation sites (N-methyl/N-ethyl adjacent to an activating group) is 1. The van der Waals surface area contributed by atoms with Crippen molar-refractivity contribution >= 4 is 11.7 Å². The molecular formula is C24H42N4O3. The van der Waals surface area contributed by atoms with Crippen LogP contribution < -0.4 is 15.0 Å².